The summed E-state index contributed by atoms with van der Waals surface area (Å²) >= 11 is 0. The fourth-order valence-corrected chi connectivity index (χ4v) is 2.81. The van der Waals surface area contributed by atoms with Gasteiger partial charge in [0.05, 0.1) is 6.04 Å². The lowest BCUT2D eigenvalue weighted by molar-refractivity contribution is -0.124. The molecule has 1 fully saturated rings. The Hall–Kier alpha value is -0.570. The molecule has 0 spiro atoms. The van der Waals surface area contributed by atoms with Gasteiger partial charge in [-0.3, -0.25) is 4.79 Å². The largest absolute Gasteiger partial charge is 0.352 e. The van der Waals surface area contributed by atoms with Crippen LogP contribution in [-0.4, -0.2) is 24.5 Å². The van der Waals surface area contributed by atoms with Crippen molar-refractivity contribution >= 4 is 5.91 Å². The molecular formula is C16H32N2O. The van der Waals surface area contributed by atoms with E-state index >= 15 is 0 Å². The lowest BCUT2D eigenvalue weighted by Gasteiger charge is -2.29. The maximum Gasteiger partial charge on any atom is 0.237 e. The smallest absolute Gasteiger partial charge is 0.237 e. The van der Waals surface area contributed by atoms with E-state index in [9.17, 15) is 4.79 Å². The van der Waals surface area contributed by atoms with Crippen LogP contribution in [-0.2, 0) is 4.79 Å². The van der Waals surface area contributed by atoms with Crippen molar-refractivity contribution in [1.29, 1.82) is 0 Å². The highest BCUT2D eigenvalue weighted by atomic mass is 16.2. The molecule has 3 heteroatoms. The molecule has 1 amide bonds. The van der Waals surface area contributed by atoms with Crippen LogP contribution in [0.25, 0.3) is 0 Å². The van der Waals surface area contributed by atoms with Gasteiger partial charge in [-0.05, 0) is 44.6 Å². The number of hydrogen-bond donors (Lipinski definition) is 2. The van der Waals surface area contributed by atoms with Crippen molar-refractivity contribution in [2.75, 3.05) is 6.54 Å². The third kappa shape index (κ3) is 6.42. The molecule has 3 atom stereocenters. The monoisotopic (exact) mass is 268 g/mol. The van der Waals surface area contributed by atoms with E-state index in [1.165, 1.54) is 25.7 Å². The SMILES string of the molecule is CCC1CCNC(C(=O)NC(C)CCCC(C)C)C1. The summed E-state index contributed by atoms with van der Waals surface area (Å²) in [6.45, 7) is 9.83. The second-order valence-corrected chi connectivity index (χ2v) is 6.54. The van der Waals surface area contributed by atoms with E-state index < -0.39 is 0 Å². The Bertz CT molecular complexity index is 265. The predicted octanol–water partition coefficient (Wildman–Crippen LogP) is 3.10. The topological polar surface area (TPSA) is 41.1 Å². The Balaban J connectivity index is 2.25. The van der Waals surface area contributed by atoms with Gasteiger partial charge in [0.2, 0.25) is 5.91 Å². The summed E-state index contributed by atoms with van der Waals surface area (Å²) in [6.07, 6.45) is 6.95. The fourth-order valence-electron chi connectivity index (χ4n) is 2.81. The molecule has 3 nitrogen and oxygen atoms in total. The zero-order valence-corrected chi connectivity index (χ0v) is 13.2. The van der Waals surface area contributed by atoms with Gasteiger partial charge >= 0.3 is 0 Å². The van der Waals surface area contributed by atoms with Crippen molar-refractivity contribution in [3.63, 3.8) is 0 Å². The summed E-state index contributed by atoms with van der Waals surface area (Å²) in [5.41, 5.74) is 0. The number of hydrogen-bond acceptors (Lipinski definition) is 2. The lowest BCUT2D eigenvalue weighted by Crippen LogP contribution is -2.50. The van der Waals surface area contributed by atoms with Crippen LogP contribution >= 0.6 is 0 Å². The molecular weight excluding hydrogens is 236 g/mol. The van der Waals surface area contributed by atoms with Crippen LogP contribution in [0.3, 0.4) is 0 Å². The third-order valence-corrected chi connectivity index (χ3v) is 4.21. The van der Waals surface area contributed by atoms with Crippen LogP contribution in [0.4, 0.5) is 0 Å². The van der Waals surface area contributed by atoms with E-state index in [-0.39, 0.29) is 11.9 Å². The molecule has 2 N–H and O–H groups in total. The normalized spacial score (nSPS) is 25.3. The van der Waals surface area contributed by atoms with Gasteiger partial charge in [-0.15, -0.1) is 0 Å². The van der Waals surface area contributed by atoms with Crippen molar-refractivity contribution in [2.45, 2.75) is 78.3 Å². The van der Waals surface area contributed by atoms with Crippen LogP contribution < -0.4 is 10.6 Å². The van der Waals surface area contributed by atoms with Gasteiger partial charge in [0.15, 0.2) is 0 Å². The van der Waals surface area contributed by atoms with Crippen molar-refractivity contribution in [3.05, 3.63) is 0 Å². The van der Waals surface area contributed by atoms with E-state index in [2.05, 4.69) is 38.3 Å². The predicted molar refractivity (Wildman–Crippen MR) is 81.1 cm³/mol. The van der Waals surface area contributed by atoms with Crippen LogP contribution in [0, 0.1) is 11.8 Å². The summed E-state index contributed by atoms with van der Waals surface area (Å²) in [4.78, 5) is 12.2. The van der Waals surface area contributed by atoms with Crippen LogP contribution in [0.15, 0.2) is 0 Å². The van der Waals surface area contributed by atoms with Gasteiger partial charge in [-0.1, -0.05) is 40.0 Å². The minimum Gasteiger partial charge on any atom is -0.352 e. The molecule has 1 heterocycles. The Morgan fingerprint density at radius 2 is 2.05 bits per heavy atom. The highest BCUT2D eigenvalue weighted by Crippen LogP contribution is 2.19. The highest BCUT2D eigenvalue weighted by molar-refractivity contribution is 5.82. The van der Waals surface area contributed by atoms with Gasteiger partial charge in [0, 0.05) is 6.04 Å². The molecule has 0 radical (unpaired) electrons. The average Bonchev–Trinajstić information content (AvgIpc) is 2.38. The molecule has 112 valence electrons. The second-order valence-electron chi connectivity index (χ2n) is 6.54. The number of rotatable bonds is 7. The number of piperidine rings is 1. The Morgan fingerprint density at radius 3 is 2.68 bits per heavy atom. The molecule has 3 unspecified atom stereocenters. The molecule has 0 bridgehead atoms. The first kappa shape index (κ1) is 16.5. The van der Waals surface area contributed by atoms with E-state index in [0.717, 1.165) is 25.3 Å². The molecule has 0 aromatic heterocycles. The van der Waals surface area contributed by atoms with Crippen molar-refractivity contribution in [3.8, 4) is 0 Å². The van der Waals surface area contributed by atoms with Crippen molar-refractivity contribution < 1.29 is 4.79 Å². The van der Waals surface area contributed by atoms with Crippen molar-refractivity contribution in [2.24, 2.45) is 11.8 Å². The zero-order valence-electron chi connectivity index (χ0n) is 13.2. The van der Waals surface area contributed by atoms with E-state index in [0.29, 0.717) is 12.0 Å². The van der Waals surface area contributed by atoms with Crippen LogP contribution in [0.2, 0.25) is 0 Å². The first-order valence-corrected chi connectivity index (χ1v) is 8.06. The number of carbonyl (C=O) groups is 1. The van der Waals surface area contributed by atoms with Gasteiger partial charge < -0.3 is 10.6 Å². The maximum absolute atomic E-state index is 12.2. The molecule has 1 aliphatic heterocycles. The first-order chi connectivity index (χ1) is 9.02. The van der Waals surface area contributed by atoms with E-state index in [1.807, 2.05) is 0 Å². The summed E-state index contributed by atoms with van der Waals surface area (Å²) in [7, 11) is 0. The Labute approximate surface area is 118 Å². The molecule has 19 heavy (non-hydrogen) atoms. The molecule has 0 aromatic carbocycles. The quantitative estimate of drug-likeness (QED) is 0.745. The Morgan fingerprint density at radius 1 is 1.32 bits per heavy atom. The standard InChI is InChI=1S/C16H32N2O/c1-5-14-9-10-17-15(11-14)16(19)18-13(4)8-6-7-12(2)3/h12-15,17H,5-11H2,1-4H3,(H,18,19). The Kier molecular flexibility index (Phi) is 7.44. The molecule has 0 saturated carbocycles. The molecule has 0 aromatic rings. The third-order valence-electron chi connectivity index (χ3n) is 4.21. The number of nitrogens with one attached hydrogen (secondary N) is 2. The van der Waals surface area contributed by atoms with Gasteiger partial charge in [-0.2, -0.15) is 0 Å². The maximum atomic E-state index is 12.2. The molecule has 1 saturated heterocycles. The summed E-state index contributed by atoms with van der Waals surface area (Å²) < 4.78 is 0. The molecule has 1 rings (SSSR count). The second kappa shape index (κ2) is 8.57. The van der Waals surface area contributed by atoms with Gasteiger partial charge in [0.1, 0.15) is 0 Å². The summed E-state index contributed by atoms with van der Waals surface area (Å²) in [5, 5.41) is 6.52. The van der Waals surface area contributed by atoms with E-state index in [1.54, 1.807) is 0 Å². The lowest BCUT2D eigenvalue weighted by atomic mass is 9.90. The first-order valence-electron chi connectivity index (χ1n) is 8.06. The minimum atomic E-state index is 0.0336. The minimum absolute atomic E-state index is 0.0336. The fraction of sp³-hybridized carbons (Fsp3) is 0.938. The van der Waals surface area contributed by atoms with Crippen LogP contribution in [0.5, 0.6) is 0 Å². The van der Waals surface area contributed by atoms with Crippen molar-refractivity contribution in [1.82, 2.24) is 10.6 Å². The molecule has 0 aliphatic carbocycles. The van der Waals surface area contributed by atoms with Crippen LogP contribution in [0.1, 0.15) is 66.2 Å². The summed E-state index contributed by atoms with van der Waals surface area (Å²) in [6, 6.07) is 0.335. The number of amides is 1. The summed E-state index contributed by atoms with van der Waals surface area (Å²) in [5.74, 6) is 1.68. The van der Waals surface area contributed by atoms with Gasteiger partial charge in [0.25, 0.3) is 0 Å². The van der Waals surface area contributed by atoms with Gasteiger partial charge in [-0.25, -0.2) is 0 Å². The molecule has 1 aliphatic rings. The average molecular weight is 268 g/mol. The van der Waals surface area contributed by atoms with E-state index in [4.69, 9.17) is 0 Å². The highest BCUT2D eigenvalue weighted by Gasteiger charge is 2.26. The number of carbonyl (C=O) groups excluding carboxylic acids is 1. The zero-order chi connectivity index (χ0) is 14.3.